The highest BCUT2D eigenvalue weighted by atomic mass is 79.9. The van der Waals surface area contributed by atoms with E-state index in [1.165, 1.54) is 5.01 Å². The Morgan fingerprint density at radius 2 is 1.76 bits per heavy atom. The molecule has 2 aliphatic rings. The molecule has 0 bridgehead atoms. The normalized spacial score (nSPS) is 20.3. The van der Waals surface area contributed by atoms with Crippen molar-refractivity contribution in [3.63, 3.8) is 0 Å². The summed E-state index contributed by atoms with van der Waals surface area (Å²) in [6.45, 7) is 1.85. The van der Waals surface area contributed by atoms with Crippen LogP contribution in [0.3, 0.4) is 0 Å². The van der Waals surface area contributed by atoms with Crippen LogP contribution in [0.25, 0.3) is 0 Å². The van der Waals surface area contributed by atoms with Crippen LogP contribution in [-0.2, 0) is 20.8 Å². The number of hydrogen-bond donors (Lipinski definition) is 1. The Balaban J connectivity index is 1.47. The van der Waals surface area contributed by atoms with Gasteiger partial charge in [-0.3, -0.25) is 19.4 Å². The minimum Gasteiger partial charge on any atom is -0.324 e. The zero-order chi connectivity index (χ0) is 20.5. The van der Waals surface area contributed by atoms with Crippen molar-refractivity contribution in [3.05, 3.63) is 58.6 Å². The van der Waals surface area contributed by atoms with Crippen LogP contribution in [0.1, 0.15) is 12.5 Å². The molecular weight excluding hydrogens is 438 g/mol. The lowest BCUT2D eigenvalue weighted by Crippen LogP contribution is -2.43. The van der Waals surface area contributed by atoms with Crippen LogP contribution >= 0.6 is 15.9 Å². The molecule has 0 unspecified atom stereocenters. The van der Waals surface area contributed by atoms with E-state index >= 15 is 0 Å². The number of amides is 3. The Morgan fingerprint density at radius 1 is 1.07 bits per heavy atom. The maximum absolute atomic E-state index is 12.9. The molecule has 1 fully saturated rings. The van der Waals surface area contributed by atoms with Gasteiger partial charge in [0.1, 0.15) is 6.54 Å². The van der Waals surface area contributed by atoms with Crippen molar-refractivity contribution >= 4 is 45.0 Å². The molecule has 29 heavy (non-hydrogen) atoms. The minimum atomic E-state index is -0.922. The highest BCUT2D eigenvalue weighted by Crippen LogP contribution is 2.32. The van der Waals surface area contributed by atoms with Crippen molar-refractivity contribution in [2.45, 2.75) is 25.4 Å². The highest BCUT2D eigenvalue weighted by molar-refractivity contribution is 9.10. The Bertz CT molecular complexity index is 990. The van der Waals surface area contributed by atoms with Gasteiger partial charge in [0.2, 0.25) is 5.91 Å². The Morgan fingerprint density at radius 3 is 2.41 bits per heavy atom. The molecule has 0 radical (unpaired) electrons. The lowest BCUT2D eigenvalue weighted by Gasteiger charge is -2.20. The Kier molecular flexibility index (Phi) is 5.14. The number of nitrogens with zero attached hydrogens (tertiary/aromatic N) is 4. The van der Waals surface area contributed by atoms with Crippen LogP contribution in [0.2, 0.25) is 0 Å². The van der Waals surface area contributed by atoms with Gasteiger partial charge in [-0.05, 0) is 48.4 Å². The fraction of sp³-hybridized carbons (Fsp3) is 0.250. The first kappa shape index (κ1) is 19.3. The fourth-order valence-electron chi connectivity index (χ4n) is 3.37. The minimum absolute atomic E-state index is 0.178. The van der Waals surface area contributed by atoms with Crippen molar-refractivity contribution in [1.82, 2.24) is 5.01 Å². The van der Waals surface area contributed by atoms with E-state index in [1.54, 1.807) is 24.3 Å². The molecule has 0 aliphatic carbocycles. The number of aryl methyl sites for hydroxylation is 1. The lowest BCUT2D eigenvalue weighted by atomic mass is 10.1. The molecular formula is C20H18BrN5O3. The highest BCUT2D eigenvalue weighted by Gasteiger charge is 2.55. The largest absolute Gasteiger partial charge is 0.324 e. The monoisotopic (exact) mass is 455 g/mol. The Hall–Kier alpha value is -3.07. The van der Waals surface area contributed by atoms with Crippen LogP contribution < -0.4 is 10.2 Å². The summed E-state index contributed by atoms with van der Waals surface area (Å²) in [5.74, 6) is -1.20. The number of carbonyl (C=O) groups excluding carboxylic acids is 3. The van der Waals surface area contributed by atoms with E-state index in [4.69, 9.17) is 0 Å². The van der Waals surface area contributed by atoms with E-state index < -0.39 is 23.9 Å². The topological polar surface area (TPSA) is 94.4 Å². The number of anilines is 2. The first-order valence-electron chi connectivity index (χ1n) is 9.17. The molecule has 9 heteroatoms. The van der Waals surface area contributed by atoms with Gasteiger partial charge < -0.3 is 5.32 Å². The summed E-state index contributed by atoms with van der Waals surface area (Å²) in [5, 5.41) is 11.9. The average Bonchev–Trinajstić information content (AvgIpc) is 3.23. The summed E-state index contributed by atoms with van der Waals surface area (Å²) in [5.41, 5.74) is 2.23. The molecule has 4 rings (SSSR count). The quantitative estimate of drug-likeness (QED) is 0.701. The smallest absolute Gasteiger partial charge is 0.263 e. The zero-order valence-electron chi connectivity index (χ0n) is 15.6. The predicted octanol–water partition coefficient (Wildman–Crippen LogP) is 2.94. The van der Waals surface area contributed by atoms with Gasteiger partial charge in [0.15, 0.2) is 12.1 Å². The molecule has 1 saturated heterocycles. The second-order valence-electron chi connectivity index (χ2n) is 6.78. The number of hydrogen-bond acceptors (Lipinski definition) is 6. The summed E-state index contributed by atoms with van der Waals surface area (Å²) < 4.78 is 0.897. The van der Waals surface area contributed by atoms with Crippen LogP contribution in [0, 0.1) is 0 Å². The van der Waals surface area contributed by atoms with E-state index in [1.807, 2.05) is 31.2 Å². The van der Waals surface area contributed by atoms with Crippen molar-refractivity contribution in [2.24, 2.45) is 10.3 Å². The van der Waals surface area contributed by atoms with Crippen LogP contribution in [0.15, 0.2) is 63.3 Å². The van der Waals surface area contributed by atoms with Gasteiger partial charge in [0.25, 0.3) is 11.8 Å². The first-order valence-corrected chi connectivity index (χ1v) is 9.97. The van der Waals surface area contributed by atoms with E-state index in [2.05, 4.69) is 31.6 Å². The van der Waals surface area contributed by atoms with Crippen LogP contribution in [0.4, 0.5) is 11.4 Å². The molecule has 2 heterocycles. The van der Waals surface area contributed by atoms with Gasteiger partial charge in [-0.25, -0.2) is 4.90 Å². The van der Waals surface area contributed by atoms with Gasteiger partial charge in [-0.15, -0.1) is 0 Å². The summed E-state index contributed by atoms with van der Waals surface area (Å²) in [4.78, 5) is 39.2. The third-order valence-electron chi connectivity index (χ3n) is 4.89. The van der Waals surface area contributed by atoms with Crippen molar-refractivity contribution in [3.8, 4) is 0 Å². The third-order valence-corrected chi connectivity index (χ3v) is 5.42. The summed E-state index contributed by atoms with van der Waals surface area (Å²) in [6.07, 6.45) is 0.864. The number of nitrogens with one attached hydrogen (secondary N) is 1. The van der Waals surface area contributed by atoms with Gasteiger partial charge in [0.05, 0.1) is 5.69 Å². The lowest BCUT2D eigenvalue weighted by molar-refractivity contribution is -0.123. The van der Waals surface area contributed by atoms with Crippen molar-refractivity contribution < 1.29 is 14.4 Å². The third kappa shape index (κ3) is 3.65. The molecule has 0 aromatic heterocycles. The first-order chi connectivity index (χ1) is 14.0. The summed E-state index contributed by atoms with van der Waals surface area (Å²) in [7, 11) is 0. The van der Waals surface area contributed by atoms with Gasteiger partial charge in [-0.2, -0.15) is 5.11 Å². The molecule has 3 amide bonds. The Labute approximate surface area is 175 Å². The number of rotatable bonds is 5. The SMILES string of the molecule is CCc1ccc(N2C(=O)[C@H]3N=NN(CC(=O)Nc4ccc(Br)cc4)[C@H]3C2=O)cc1. The molecule has 148 valence electrons. The molecule has 1 N–H and O–H groups in total. The van der Waals surface area contributed by atoms with E-state index in [9.17, 15) is 14.4 Å². The second kappa shape index (κ2) is 7.75. The maximum Gasteiger partial charge on any atom is 0.263 e. The second-order valence-corrected chi connectivity index (χ2v) is 7.69. The van der Waals surface area contributed by atoms with E-state index in [0.717, 1.165) is 21.4 Å². The summed E-state index contributed by atoms with van der Waals surface area (Å²) >= 11 is 3.34. The molecule has 2 aliphatic heterocycles. The van der Waals surface area contributed by atoms with Gasteiger partial charge >= 0.3 is 0 Å². The number of carbonyl (C=O) groups is 3. The standard InChI is InChI=1S/C20H18BrN5O3/c1-2-12-3-9-15(10-4-12)26-19(28)17-18(20(26)29)25(24-23-17)11-16(27)22-14-7-5-13(21)6-8-14/h3-10,17-18H,2,11H2,1H3,(H,22,27)/t17-,18+/m0/s1. The molecule has 0 spiro atoms. The number of benzene rings is 2. The molecule has 2 atom stereocenters. The van der Waals surface area contributed by atoms with Crippen LogP contribution in [0.5, 0.6) is 0 Å². The molecule has 2 aromatic rings. The number of imide groups is 1. The summed E-state index contributed by atoms with van der Waals surface area (Å²) in [6, 6.07) is 12.6. The van der Waals surface area contributed by atoms with Crippen molar-refractivity contribution in [1.29, 1.82) is 0 Å². The fourth-order valence-corrected chi connectivity index (χ4v) is 3.63. The van der Waals surface area contributed by atoms with E-state index in [0.29, 0.717) is 11.4 Å². The zero-order valence-corrected chi connectivity index (χ0v) is 17.2. The average molecular weight is 456 g/mol. The molecule has 2 aromatic carbocycles. The van der Waals surface area contributed by atoms with Gasteiger partial charge in [-0.1, -0.05) is 40.2 Å². The molecule has 0 saturated carbocycles. The number of fused-ring (bicyclic) bond motifs is 1. The predicted molar refractivity (Wildman–Crippen MR) is 110 cm³/mol. The van der Waals surface area contributed by atoms with Crippen molar-refractivity contribution in [2.75, 3.05) is 16.8 Å². The number of halogens is 1. The van der Waals surface area contributed by atoms with E-state index in [-0.39, 0.29) is 12.5 Å². The van der Waals surface area contributed by atoms with Gasteiger partial charge in [0, 0.05) is 10.2 Å². The molecule has 8 nitrogen and oxygen atoms in total. The maximum atomic E-state index is 12.9. The van der Waals surface area contributed by atoms with Crippen LogP contribution in [-0.4, -0.2) is 41.4 Å².